The normalized spacial score (nSPS) is 11.6. The van der Waals surface area contributed by atoms with E-state index in [0.29, 0.717) is 0 Å². The first-order chi connectivity index (χ1) is 6.81. The minimum absolute atomic E-state index is 0.717. The maximum Gasteiger partial charge on any atom is 0.0944 e. The Morgan fingerprint density at radius 2 is 2.21 bits per heavy atom. The topological polar surface area (TPSA) is 39.6 Å². The second-order valence-corrected chi connectivity index (χ2v) is 3.23. The van der Waals surface area contributed by atoms with Gasteiger partial charge in [0.15, 0.2) is 0 Å². The molecule has 2 aromatic rings. The van der Waals surface area contributed by atoms with Gasteiger partial charge in [-0.3, -0.25) is 0 Å². The van der Waals surface area contributed by atoms with Gasteiger partial charge in [0.25, 0.3) is 0 Å². The van der Waals surface area contributed by atoms with Gasteiger partial charge in [0, 0.05) is 28.2 Å². The Morgan fingerprint density at radius 1 is 1.43 bits per heavy atom. The Hall–Kier alpha value is -2.01. The van der Waals surface area contributed by atoms with Crippen molar-refractivity contribution in [2.24, 2.45) is 0 Å². The third-order valence-electron chi connectivity index (χ3n) is 2.17. The highest BCUT2D eigenvalue weighted by Crippen LogP contribution is 2.19. The lowest BCUT2D eigenvalue weighted by Gasteiger charge is -1.90. The summed E-state index contributed by atoms with van der Waals surface area (Å²) in [6, 6.07) is 10.2. The highest BCUT2D eigenvalue weighted by molar-refractivity contribution is 5.89. The molecule has 0 saturated heterocycles. The van der Waals surface area contributed by atoms with E-state index in [9.17, 15) is 0 Å². The number of aromatic amines is 1. The molecule has 68 valence electrons. The molecule has 2 nitrogen and oxygen atoms in total. The molecule has 0 fully saturated rings. The van der Waals surface area contributed by atoms with Crippen molar-refractivity contribution in [3.8, 4) is 6.07 Å². The fraction of sp³-hybridized carbons (Fsp3) is 0.0833. The number of hydrogen-bond acceptors (Lipinski definition) is 1. The summed E-state index contributed by atoms with van der Waals surface area (Å²) in [4.78, 5) is 3.16. The molecule has 0 amide bonds. The molecule has 14 heavy (non-hydrogen) atoms. The molecule has 0 spiro atoms. The summed E-state index contributed by atoms with van der Waals surface area (Å²) in [6.45, 7) is 1.81. The third-order valence-corrected chi connectivity index (χ3v) is 2.17. The van der Waals surface area contributed by atoms with Crippen molar-refractivity contribution < 1.29 is 0 Å². The van der Waals surface area contributed by atoms with Crippen molar-refractivity contribution in [1.29, 1.82) is 5.26 Å². The van der Waals surface area contributed by atoms with Gasteiger partial charge in [-0.25, -0.2) is 0 Å². The lowest BCUT2D eigenvalue weighted by atomic mass is 10.1. The SMILES string of the molecule is C/C(C#N)=C/c1c[nH]c2ccccc12. The molecule has 1 aromatic heterocycles. The molecule has 0 aliphatic rings. The summed E-state index contributed by atoms with van der Waals surface area (Å²) in [5.41, 5.74) is 2.89. The maximum atomic E-state index is 8.68. The molecule has 2 rings (SSSR count). The summed E-state index contributed by atoms with van der Waals surface area (Å²) >= 11 is 0. The zero-order chi connectivity index (χ0) is 9.97. The Bertz CT molecular complexity index is 526. The molecule has 0 bridgehead atoms. The number of allylic oxidation sites excluding steroid dienone is 1. The van der Waals surface area contributed by atoms with Gasteiger partial charge < -0.3 is 4.98 Å². The van der Waals surface area contributed by atoms with Crippen LogP contribution in [0.25, 0.3) is 17.0 Å². The van der Waals surface area contributed by atoms with Crippen LogP contribution in [0.4, 0.5) is 0 Å². The van der Waals surface area contributed by atoms with Crippen molar-refractivity contribution in [2.45, 2.75) is 6.92 Å². The first kappa shape index (κ1) is 8.58. The zero-order valence-electron chi connectivity index (χ0n) is 7.91. The van der Waals surface area contributed by atoms with Crippen LogP contribution < -0.4 is 0 Å². The van der Waals surface area contributed by atoms with Gasteiger partial charge in [-0.15, -0.1) is 0 Å². The number of fused-ring (bicyclic) bond motifs is 1. The van der Waals surface area contributed by atoms with Crippen LogP contribution in [0.15, 0.2) is 36.0 Å². The lowest BCUT2D eigenvalue weighted by Crippen LogP contribution is -1.70. The fourth-order valence-corrected chi connectivity index (χ4v) is 1.48. The quantitative estimate of drug-likeness (QED) is 0.676. The largest absolute Gasteiger partial charge is 0.361 e. The van der Waals surface area contributed by atoms with Crippen LogP contribution in [-0.2, 0) is 0 Å². The molecule has 2 heteroatoms. The van der Waals surface area contributed by atoms with Crippen LogP contribution in [0, 0.1) is 11.3 Å². The lowest BCUT2D eigenvalue weighted by molar-refractivity contribution is 1.45. The highest BCUT2D eigenvalue weighted by Gasteiger charge is 1.99. The number of nitrogens with zero attached hydrogens (tertiary/aromatic N) is 1. The first-order valence-corrected chi connectivity index (χ1v) is 4.46. The second-order valence-electron chi connectivity index (χ2n) is 3.23. The number of aromatic nitrogens is 1. The molecule has 1 N–H and O–H groups in total. The van der Waals surface area contributed by atoms with E-state index in [1.54, 1.807) is 0 Å². The summed E-state index contributed by atoms with van der Waals surface area (Å²) in [6.07, 6.45) is 3.81. The van der Waals surface area contributed by atoms with E-state index in [0.717, 1.165) is 22.0 Å². The highest BCUT2D eigenvalue weighted by atomic mass is 14.7. The number of para-hydroxylation sites is 1. The number of nitrogens with one attached hydrogen (secondary N) is 1. The number of rotatable bonds is 1. The third kappa shape index (κ3) is 1.40. The summed E-state index contributed by atoms with van der Waals surface area (Å²) < 4.78 is 0. The fourth-order valence-electron chi connectivity index (χ4n) is 1.48. The van der Waals surface area contributed by atoms with E-state index in [4.69, 9.17) is 5.26 Å². The summed E-state index contributed by atoms with van der Waals surface area (Å²) in [7, 11) is 0. The minimum atomic E-state index is 0.717. The van der Waals surface area contributed by atoms with Gasteiger partial charge in [0.05, 0.1) is 6.07 Å². The molecular formula is C12H10N2. The number of benzene rings is 1. The van der Waals surface area contributed by atoms with Gasteiger partial charge in [0.1, 0.15) is 0 Å². The van der Waals surface area contributed by atoms with E-state index in [1.807, 2.05) is 43.5 Å². The Kier molecular flexibility index (Phi) is 2.08. The number of hydrogen-bond donors (Lipinski definition) is 1. The average molecular weight is 182 g/mol. The van der Waals surface area contributed by atoms with Crippen LogP contribution in [0.1, 0.15) is 12.5 Å². The molecule has 0 saturated carbocycles. The molecular weight excluding hydrogens is 172 g/mol. The molecule has 0 aliphatic heterocycles. The molecule has 0 atom stereocenters. The molecule has 1 aromatic carbocycles. The zero-order valence-corrected chi connectivity index (χ0v) is 7.91. The van der Waals surface area contributed by atoms with E-state index >= 15 is 0 Å². The molecule has 0 radical (unpaired) electrons. The molecule has 0 aliphatic carbocycles. The first-order valence-electron chi connectivity index (χ1n) is 4.46. The van der Waals surface area contributed by atoms with E-state index < -0.39 is 0 Å². The van der Waals surface area contributed by atoms with Crippen LogP contribution >= 0.6 is 0 Å². The van der Waals surface area contributed by atoms with Gasteiger partial charge >= 0.3 is 0 Å². The van der Waals surface area contributed by atoms with Crippen LogP contribution in [-0.4, -0.2) is 4.98 Å². The van der Waals surface area contributed by atoms with Crippen molar-refractivity contribution in [3.05, 3.63) is 41.6 Å². The second kappa shape index (κ2) is 3.39. The Balaban J connectivity index is 2.60. The van der Waals surface area contributed by atoms with Crippen molar-refractivity contribution in [3.63, 3.8) is 0 Å². The Labute approximate surface area is 82.5 Å². The monoisotopic (exact) mass is 182 g/mol. The van der Waals surface area contributed by atoms with Gasteiger partial charge in [-0.2, -0.15) is 5.26 Å². The van der Waals surface area contributed by atoms with E-state index in [-0.39, 0.29) is 0 Å². The van der Waals surface area contributed by atoms with Crippen molar-refractivity contribution >= 4 is 17.0 Å². The predicted octanol–water partition coefficient (Wildman–Crippen LogP) is 3.09. The molecule has 0 unspecified atom stereocenters. The maximum absolute atomic E-state index is 8.68. The number of nitriles is 1. The molecule has 1 heterocycles. The predicted molar refractivity (Wildman–Crippen MR) is 57.6 cm³/mol. The van der Waals surface area contributed by atoms with Crippen LogP contribution in [0.2, 0.25) is 0 Å². The Morgan fingerprint density at radius 3 is 3.00 bits per heavy atom. The van der Waals surface area contributed by atoms with Gasteiger partial charge in [-0.05, 0) is 19.1 Å². The van der Waals surface area contributed by atoms with Gasteiger partial charge in [0.2, 0.25) is 0 Å². The average Bonchev–Trinajstić information content (AvgIpc) is 2.62. The standard InChI is InChI=1S/C12H10N2/c1-9(7-13)6-10-8-14-12-5-3-2-4-11(10)12/h2-6,8,14H,1H3/b9-6-. The summed E-state index contributed by atoms with van der Waals surface area (Å²) in [5.74, 6) is 0. The smallest absolute Gasteiger partial charge is 0.0944 e. The van der Waals surface area contributed by atoms with Crippen molar-refractivity contribution in [1.82, 2.24) is 4.98 Å². The van der Waals surface area contributed by atoms with Gasteiger partial charge in [-0.1, -0.05) is 18.2 Å². The van der Waals surface area contributed by atoms with Crippen molar-refractivity contribution in [2.75, 3.05) is 0 Å². The minimum Gasteiger partial charge on any atom is -0.361 e. The summed E-state index contributed by atoms with van der Waals surface area (Å²) in [5, 5.41) is 9.83. The number of H-pyrrole nitrogens is 1. The van der Waals surface area contributed by atoms with E-state index in [1.165, 1.54) is 0 Å². The van der Waals surface area contributed by atoms with Crippen LogP contribution in [0.5, 0.6) is 0 Å². The van der Waals surface area contributed by atoms with E-state index in [2.05, 4.69) is 11.1 Å². The van der Waals surface area contributed by atoms with Crippen LogP contribution in [0.3, 0.4) is 0 Å².